The van der Waals surface area contributed by atoms with Gasteiger partial charge >= 0.3 is 6.18 Å². The maximum atomic E-state index is 13.2. The first-order valence-electron chi connectivity index (χ1n) is 11.6. The lowest BCUT2D eigenvalue weighted by molar-refractivity contribution is -0.137. The highest BCUT2D eigenvalue weighted by atomic mass is 19.4. The molecule has 1 aliphatic rings. The number of nitrogens with zero attached hydrogens (tertiary/aromatic N) is 2. The van der Waals surface area contributed by atoms with Crippen LogP contribution < -0.4 is 16.0 Å². The predicted molar refractivity (Wildman–Crippen MR) is 130 cm³/mol. The summed E-state index contributed by atoms with van der Waals surface area (Å²) in [6, 6.07) is 11.9. The molecule has 0 bridgehead atoms. The molecule has 11 heteroatoms. The van der Waals surface area contributed by atoms with Crippen LogP contribution in [-0.2, 0) is 22.3 Å². The molecule has 1 fully saturated rings. The molecule has 0 unspecified atom stereocenters. The van der Waals surface area contributed by atoms with Crippen molar-refractivity contribution in [2.24, 2.45) is 0 Å². The maximum Gasteiger partial charge on any atom is 0.418 e. The minimum absolute atomic E-state index is 0.0256. The van der Waals surface area contributed by atoms with Crippen molar-refractivity contribution in [1.29, 1.82) is 0 Å². The van der Waals surface area contributed by atoms with E-state index >= 15 is 0 Å². The number of amides is 2. The second kappa shape index (κ2) is 10.6. The van der Waals surface area contributed by atoms with E-state index in [2.05, 4.69) is 25.9 Å². The molecule has 4 rings (SSSR count). The van der Waals surface area contributed by atoms with E-state index in [0.29, 0.717) is 30.2 Å². The molecule has 1 aliphatic heterocycles. The normalized spacial score (nSPS) is 17.3. The van der Waals surface area contributed by atoms with Gasteiger partial charge in [-0.15, -0.1) is 0 Å². The second-order valence-electron chi connectivity index (χ2n) is 8.80. The number of hydrogen-bond acceptors (Lipinski definition) is 6. The van der Waals surface area contributed by atoms with Gasteiger partial charge in [0.2, 0.25) is 5.91 Å². The number of aryl methyl sites for hydroxylation is 2. The van der Waals surface area contributed by atoms with Crippen LogP contribution in [0.15, 0.2) is 54.7 Å². The summed E-state index contributed by atoms with van der Waals surface area (Å²) in [5.74, 6) is -0.324. The summed E-state index contributed by atoms with van der Waals surface area (Å²) in [6.07, 6.45) is -2.75. The molecule has 0 aliphatic carbocycles. The van der Waals surface area contributed by atoms with Gasteiger partial charge in [-0.2, -0.15) is 13.2 Å². The van der Waals surface area contributed by atoms with E-state index < -0.39 is 29.1 Å². The summed E-state index contributed by atoms with van der Waals surface area (Å²) in [4.78, 5) is 34.3. The monoisotopic (exact) mass is 513 g/mol. The first-order valence-corrected chi connectivity index (χ1v) is 11.6. The summed E-state index contributed by atoms with van der Waals surface area (Å²) in [5, 5.41) is 8.41. The molecule has 37 heavy (non-hydrogen) atoms. The molecule has 2 heterocycles. The molecule has 0 spiro atoms. The highest BCUT2D eigenvalue weighted by molar-refractivity contribution is 6.00. The fourth-order valence-corrected chi connectivity index (χ4v) is 4.04. The summed E-state index contributed by atoms with van der Waals surface area (Å²) in [6.45, 7) is 3.91. The Kier molecular flexibility index (Phi) is 7.44. The van der Waals surface area contributed by atoms with Gasteiger partial charge in [-0.05, 0) is 43.7 Å². The summed E-state index contributed by atoms with van der Waals surface area (Å²) in [7, 11) is 0. The van der Waals surface area contributed by atoms with E-state index in [-0.39, 0.29) is 24.4 Å². The predicted octanol–water partition coefficient (Wildman–Crippen LogP) is 4.06. The van der Waals surface area contributed by atoms with Crippen LogP contribution in [-0.4, -0.2) is 40.5 Å². The fraction of sp³-hybridized carbons (Fsp3) is 0.308. The second-order valence-corrected chi connectivity index (χ2v) is 8.80. The van der Waals surface area contributed by atoms with E-state index in [0.717, 1.165) is 11.6 Å². The van der Waals surface area contributed by atoms with E-state index in [4.69, 9.17) is 4.74 Å². The zero-order valence-electron chi connectivity index (χ0n) is 20.3. The number of halogens is 3. The Morgan fingerprint density at radius 1 is 1.08 bits per heavy atom. The first kappa shape index (κ1) is 26.1. The van der Waals surface area contributed by atoms with Gasteiger partial charge in [0, 0.05) is 31.5 Å². The smallest absolute Gasteiger partial charge is 0.378 e. The Labute approximate surface area is 211 Å². The van der Waals surface area contributed by atoms with Crippen LogP contribution in [0.5, 0.6) is 0 Å². The number of anilines is 2. The van der Waals surface area contributed by atoms with Gasteiger partial charge in [-0.25, -0.2) is 9.97 Å². The van der Waals surface area contributed by atoms with Crippen molar-refractivity contribution in [2.45, 2.75) is 38.5 Å². The largest absolute Gasteiger partial charge is 0.418 e. The summed E-state index contributed by atoms with van der Waals surface area (Å²) >= 11 is 0. The molecule has 0 saturated carbocycles. The van der Waals surface area contributed by atoms with Crippen molar-refractivity contribution in [1.82, 2.24) is 20.6 Å². The van der Waals surface area contributed by atoms with Crippen molar-refractivity contribution in [3.63, 3.8) is 0 Å². The molecule has 1 atom stereocenters. The molecule has 1 aromatic heterocycles. The highest BCUT2D eigenvalue weighted by Crippen LogP contribution is 2.35. The number of para-hydroxylation sites is 1. The molecular formula is C26H26F3N5O3. The average molecular weight is 514 g/mol. The standard InChI is InChI=1S/C26H26F3N5O3/c1-16-20(14-30-17(2)32-16)23(35)34-25(11-12-37-15-25)24(36)31-13-18-7-9-19(10-8-18)33-22-6-4-3-5-21(22)26(27,28)29/h3-10,14,33H,11-13,15H2,1-2H3,(H,31,36)(H,34,35)/t25-/m0/s1. The number of alkyl halides is 3. The molecule has 2 aromatic carbocycles. The lowest BCUT2D eigenvalue weighted by Crippen LogP contribution is -2.59. The number of benzene rings is 2. The van der Waals surface area contributed by atoms with Gasteiger partial charge in [0.1, 0.15) is 11.4 Å². The molecule has 3 aromatic rings. The van der Waals surface area contributed by atoms with Crippen molar-refractivity contribution in [2.75, 3.05) is 18.5 Å². The Balaban J connectivity index is 1.40. The van der Waals surface area contributed by atoms with E-state index in [9.17, 15) is 22.8 Å². The van der Waals surface area contributed by atoms with Gasteiger partial charge in [0.05, 0.1) is 29.1 Å². The van der Waals surface area contributed by atoms with Crippen molar-refractivity contribution < 1.29 is 27.5 Å². The minimum Gasteiger partial charge on any atom is -0.378 e. The molecular weight excluding hydrogens is 487 g/mol. The van der Waals surface area contributed by atoms with E-state index in [1.54, 1.807) is 38.1 Å². The van der Waals surface area contributed by atoms with Crippen LogP contribution >= 0.6 is 0 Å². The Morgan fingerprint density at radius 3 is 2.46 bits per heavy atom. The minimum atomic E-state index is -4.48. The van der Waals surface area contributed by atoms with E-state index in [1.807, 2.05) is 0 Å². The van der Waals surface area contributed by atoms with Crippen LogP contribution in [0.25, 0.3) is 0 Å². The number of ether oxygens (including phenoxy) is 1. The topological polar surface area (TPSA) is 105 Å². The number of nitrogens with one attached hydrogen (secondary N) is 3. The summed E-state index contributed by atoms with van der Waals surface area (Å²) in [5.41, 5.74) is -0.0708. The quantitative estimate of drug-likeness (QED) is 0.440. The first-order chi connectivity index (χ1) is 17.6. The molecule has 1 saturated heterocycles. The number of aromatic nitrogens is 2. The molecule has 0 radical (unpaired) electrons. The molecule has 3 N–H and O–H groups in total. The third-order valence-corrected chi connectivity index (χ3v) is 6.07. The highest BCUT2D eigenvalue weighted by Gasteiger charge is 2.44. The van der Waals surface area contributed by atoms with Crippen molar-refractivity contribution >= 4 is 23.2 Å². The zero-order valence-corrected chi connectivity index (χ0v) is 20.3. The average Bonchev–Trinajstić information content (AvgIpc) is 3.32. The van der Waals surface area contributed by atoms with Crippen LogP contribution in [0.2, 0.25) is 0 Å². The number of rotatable bonds is 7. The Bertz CT molecular complexity index is 1290. The van der Waals surface area contributed by atoms with Gasteiger partial charge in [0.25, 0.3) is 5.91 Å². The zero-order chi connectivity index (χ0) is 26.6. The van der Waals surface area contributed by atoms with E-state index in [1.165, 1.54) is 24.4 Å². The third-order valence-electron chi connectivity index (χ3n) is 6.07. The lowest BCUT2D eigenvalue weighted by Gasteiger charge is -2.27. The lowest BCUT2D eigenvalue weighted by atomic mass is 9.96. The Morgan fingerprint density at radius 2 is 1.81 bits per heavy atom. The third kappa shape index (κ3) is 6.05. The van der Waals surface area contributed by atoms with Crippen molar-refractivity contribution in [3.8, 4) is 0 Å². The number of carbonyl (C=O) groups excluding carboxylic acids is 2. The molecule has 8 nitrogen and oxygen atoms in total. The van der Waals surface area contributed by atoms with Gasteiger partial charge < -0.3 is 20.7 Å². The molecule has 2 amide bonds. The van der Waals surface area contributed by atoms with Gasteiger partial charge in [-0.3, -0.25) is 9.59 Å². The van der Waals surface area contributed by atoms with Crippen LogP contribution in [0.4, 0.5) is 24.5 Å². The maximum absolute atomic E-state index is 13.2. The van der Waals surface area contributed by atoms with Crippen LogP contribution in [0.3, 0.4) is 0 Å². The molecule has 194 valence electrons. The fourth-order valence-electron chi connectivity index (χ4n) is 4.04. The summed E-state index contributed by atoms with van der Waals surface area (Å²) < 4.78 is 45.2. The van der Waals surface area contributed by atoms with Gasteiger partial charge in [-0.1, -0.05) is 24.3 Å². The van der Waals surface area contributed by atoms with Crippen LogP contribution in [0.1, 0.15) is 39.4 Å². The SMILES string of the molecule is Cc1ncc(C(=O)N[C@@]2(C(=O)NCc3ccc(Nc4ccccc4C(F)(F)F)cc3)CCOC2)c(C)n1. The van der Waals surface area contributed by atoms with Crippen molar-refractivity contribution in [3.05, 3.63) is 82.9 Å². The van der Waals surface area contributed by atoms with Gasteiger partial charge in [0.15, 0.2) is 0 Å². The number of carbonyl (C=O) groups is 2. The van der Waals surface area contributed by atoms with Crippen LogP contribution in [0, 0.1) is 13.8 Å². The Hall–Kier alpha value is -3.99. The number of hydrogen-bond donors (Lipinski definition) is 3.